The van der Waals surface area contributed by atoms with E-state index in [0.717, 1.165) is 23.9 Å². The second kappa shape index (κ2) is 6.68. The van der Waals surface area contributed by atoms with Crippen LogP contribution in [0.5, 0.6) is 0 Å². The lowest BCUT2D eigenvalue weighted by molar-refractivity contribution is 0.152. The maximum absolute atomic E-state index is 6.21. The third-order valence-electron chi connectivity index (χ3n) is 4.23. The molecule has 2 rings (SSSR count). The Morgan fingerprint density at radius 2 is 2.00 bits per heavy atom. The van der Waals surface area contributed by atoms with Gasteiger partial charge in [0.15, 0.2) is 0 Å². The van der Waals surface area contributed by atoms with E-state index in [1.54, 1.807) is 0 Å². The molecule has 0 saturated heterocycles. The zero-order valence-electron chi connectivity index (χ0n) is 12.7. The lowest BCUT2D eigenvalue weighted by Crippen LogP contribution is -2.40. The van der Waals surface area contributed by atoms with Crippen molar-refractivity contribution in [3.8, 4) is 0 Å². The van der Waals surface area contributed by atoms with E-state index in [0.29, 0.717) is 16.5 Å². The van der Waals surface area contributed by atoms with Crippen LogP contribution in [-0.4, -0.2) is 12.6 Å². The molecule has 0 amide bonds. The van der Waals surface area contributed by atoms with Crippen molar-refractivity contribution in [2.75, 3.05) is 6.54 Å². The summed E-state index contributed by atoms with van der Waals surface area (Å²) >= 11 is 12.1. The molecule has 0 aliphatic heterocycles. The van der Waals surface area contributed by atoms with Crippen molar-refractivity contribution in [1.29, 1.82) is 0 Å². The fourth-order valence-electron chi connectivity index (χ4n) is 3.64. The highest BCUT2D eigenvalue weighted by Gasteiger charge is 2.31. The van der Waals surface area contributed by atoms with Gasteiger partial charge in [-0.25, -0.2) is 0 Å². The van der Waals surface area contributed by atoms with Gasteiger partial charge in [-0.15, -0.1) is 0 Å². The van der Waals surface area contributed by atoms with Gasteiger partial charge in [0.2, 0.25) is 0 Å². The molecule has 1 nitrogen and oxygen atoms in total. The lowest BCUT2D eigenvalue weighted by Gasteiger charge is -2.39. The van der Waals surface area contributed by atoms with Gasteiger partial charge in [-0.1, -0.05) is 50.0 Å². The predicted octanol–water partition coefficient (Wildman–Crippen LogP) is 5.34. The summed E-state index contributed by atoms with van der Waals surface area (Å²) in [7, 11) is 0. The second-order valence-corrected chi connectivity index (χ2v) is 7.89. The summed E-state index contributed by atoms with van der Waals surface area (Å²) in [5, 5.41) is 5.18. The first-order valence-electron chi connectivity index (χ1n) is 7.53. The number of hydrogen-bond donors (Lipinski definition) is 1. The highest BCUT2D eigenvalue weighted by atomic mass is 35.5. The summed E-state index contributed by atoms with van der Waals surface area (Å²) in [6, 6.07) is 6.40. The highest BCUT2D eigenvalue weighted by molar-refractivity contribution is 6.35. The fourth-order valence-corrected chi connectivity index (χ4v) is 4.14. The van der Waals surface area contributed by atoms with Crippen LogP contribution in [0.2, 0.25) is 10.0 Å². The van der Waals surface area contributed by atoms with Gasteiger partial charge < -0.3 is 5.32 Å². The van der Waals surface area contributed by atoms with Crippen molar-refractivity contribution >= 4 is 23.2 Å². The SMILES string of the molecule is CC1CC(NCCc2ccc(Cl)cc2Cl)CC(C)(C)C1. The van der Waals surface area contributed by atoms with Crippen LogP contribution in [0.4, 0.5) is 0 Å². The smallest absolute Gasteiger partial charge is 0.0453 e. The van der Waals surface area contributed by atoms with Crippen molar-refractivity contribution in [1.82, 2.24) is 5.32 Å². The third-order valence-corrected chi connectivity index (χ3v) is 4.82. The Morgan fingerprint density at radius 1 is 1.25 bits per heavy atom. The van der Waals surface area contributed by atoms with Crippen molar-refractivity contribution in [2.45, 2.75) is 52.5 Å². The Morgan fingerprint density at radius 3 is 2.65 bits per heavy atom. The largest absolute Gasteiger partial charge is 0.314 e. The van der Waals surface area contributed by atoms with Crippen LogP contribution in [0.15, 0.2) is 18.2 Å². The molecule has 1 fully saturated rings. The van der Waals surface area contributed by atoms with Crippen LogP contribution in [0.25, 0.3) is 0 Å². The third kappa shape index (κ3) is 4.65. The molecule has 20 heavy (non-hydrogen) atoms. The molecule has 1 saturated carbocycles. The Balaban J connectivity index is 1.83. The summed E-state index contributed by atoms with van der Waals surface area (Å²) in [5.41, 5.74) is 1.64. The first kappa shape index (κ1) is 16.1. The van der Waals surface area contributed by atoms with Crippen LogP contribution in [0.1, 0.15) is 45.6 Å². The van der Waals surface area contributed by atoms with Gasteiger partial charge in [0.1, 0.15) is 0 Å². The summed E-state index contributed by atoms with van der Waals surface area (Å²) in [4.78, 5) is 0. The van der Waals surface area contributed by atoms with E-state index >= 15 is 0 Å². The first-order chi connectivity index (χ1) is 9.35. The van der Waals surface area contributed by atoms with Gasteiger partial charge in [-0.2, -0.15) is 0 Å². The van der Waals surface area contributed by atoms with E-state index in [-0.39, 0.29) is 0 Å². The average molecular weight is 314 g/mol. The van der Waals surface area contributed by atoms with E-state index < -0.39 is 0 Å². The molecule has 3 heteroatoms. The van der Waals surface area contributed by atoms with Gasteiger partial charge >= 0.3 is 0 Å². The van der Waals surface area contributed by atoms with Crippen LogP contribution >= 0.6 is 23.2 Å². The van der Waals surface area contributed by atoms with Crippen LogP contribution in [0.3, 0.4) is 0 Å². The average Bonchev–Trinajstić information content (AvgIpc) is 2.29. The van der Waals surface area contributed by atoms with E-state index in [2.05, 4.69) is 26.1 Å². The van der Waals surface area contributed by atoms with E-state index in [9.17, 15) is 0 Å². The number of nitrogens with one attached hydrogen (secondary N) is 1. The molecule has 0 radical (unpaired) electrons. The minimum absolute atomic E-state index is 0.466. The molecule has 112 valence electrons. The molecule has 1 aromatic carbocycles. The van der Waals surface area contributed by atoms with Gasteiger partial charge in [-0.05, 0) is 61.3 Å². The minimum atomic E-state index is 0.466. The van der Waals surface area contributed by atoms with E-state index in [1.165, 1.54) is 24.8 Å². The number of benzene rings is 1. The minimum Gasteiger partial charge on any atom is -0.314 e. The molecule has 1 N–H and O–H groups in total. The topological polar surface area (TPSA) is 12.0 Å². The normalized spacial score (nSPS) is 25.6. The maximum atomic E-state index is 6.21. The zero-order valence-corrected chi connectivity index (χ0v) is 14.2. The van der Waals surface area contributed by atoms with Crippen molar-refractivity contribution < 1.29 is 0 Å². The quantitative estimate of drug-likeness (QED) is 0.791. The Bertz CT molecular complexity index is 456. The predicted molar refractivity (Wildman–Crippen MR) is 88.8 cm³/mol. The standard InChI is InChI=1S/C17H25Cl2N/c1-12-8-15(11-17(2,3)10-12)20-7-6-13-4-5-14(18)9-16(13)19/h4-5,9,12,15,20H,6-8,10-11H2,1-3H3. The molecule has 0 spiro atoms. The van der Waals surface area contributed by atoms with Crippen LogP contribution < -0.4 is 5.32 Å². The summed E-state index contributed by atoms with van der Waals surface area (Å²) in [5.74, 6) is 0.815. The summed E-state index contributed by atoms with van der Waals surface area (Å²) < 4.78 is 0. The second-order valence-electron chi connectivity index (χ2n) is 7.05. The molecule has 1 aromatic rings. The summed E-state index contributed by atoms with van der Waals surface area (Å²) in [6.07, 6.45) is 4.86. The molecule has 0 bridgehead atoms. The van der Waals surface area contributed by atoms with E-state index in [1.807, 2.05) is 18.2 Å². The van der Waals surface area contributed by atoms with Crippen molar-refractivity contribution in [2.24, 2.45) is 11.3 Å². The number of rotatable bonds is 4. The molecule has 1 aliphatic carbocycles. The van der Waals surface area contributed by atoms with Gasteiger partial charge in [-0.3, -0.25) is 0 Å². The molecule has 2 atom stereocenters. The number of hydrogen-bond acceptors (Lipinski definition) is 1. The molecule has 1 aliphatic rings. The Labute approximate surface area is 133 Å². The van der Waals surface area contributed by atoms with Gasteiger partial charge in [0.25, 0.3) is 0 Å². The molecular formula is C17H25Cl2N. The van der Waals surface area contributed by atoms with Crippen LogP contribution in [0, 0.1) is 11.3 Å². The van der Waals surface area contributed by atoms with Crippen molar-refractivity contribution in [3.05, 3.63) is 33.8 Å². The Kier molecular flexibility index (Phi) is 5.39. The lowest BCUT2D eigenvalue weighted by atomic mass is 9.70. The number of halogens is 2. The van der Waals surface area contributed by atoms with Gasteiger partial charge in [0.05, 0.1) is 0 Å². The van der Waals surface area contributed by atoms with Crippen LogP contribution in [-0.2, 0) is 6.42 Å². The zero-order chi connectivity index (χ0) is 14.8. The maximum Gasteiger partial charge on any atom is 0.0453 e. The molecule has 0 aromatic heterocycles. The molecule has 0 heterocycles. The Hall–Kier alpha value is -0.240. The van der Waals surface area contributed by atoms with Crippen molar-refractivity contribution in [3.63, 3.8) is 0 Å². The van der Waals surface area contributed by atoms with Gasteiger partial charge in [0, 0.05) is 16.1 Å². The summed E-state index contributed by atoms with van der Waals surface area (Å²) in [6.45, 7) is 8.11. The molecular weight excluding hydrogens is 289 g/mol. The first-order valence-corrected chi connectivity index (χ1v) is 8.29. The monoisotopic (exact) mass is 313 g/mol. The fraction of sp³-hybridized carbons (Fsp3) is 0.647. The molecule has 2 unspecified atom stereocenters. The highest BCUT2D eigenvalue weighted by Crippen LogP contribution is 2.38. The van der Waals surface area contributed by atoms with E-state index in [4.69, 9.17) is 23.2 Å².